The third-order valence-electron chi connectivity index (χ3n) is 3.27. The highest BCUT2D eigenvalue weighted by Crippen LogP contribution is 2.10. The fraction of sp³-hybridized carbons (Fsp3) is 0.312. The predicted molar refractivity (Wildman–Crippen MR) is 83.8 cm³/mol. The Morgan fingerprint density at radius 3 is 2.65 bits per heavy atom. The maximum absolute atomic E-state index is 12.2. The summed E-state index contributed by atoms with van der Waals surface area (Å²) in [5, 5.41) is 2.05. The molecule has 0 radical (unpaired) electrons. The van der Waals surface area contributed by atoms with Gasteiger partial charge in [-0.25, -0.2) is 0 Å². The van der Waals surface area contributed by atoms with Crippen LogP contribution in [0.5, 0.6) is 0 Å². The van der Waals surface area contributed by atoms with Crippen molar-refractivity contribution in [3.63, 3.8) is 0 Å². The van der Waals surface area contributed by atoms with Gasteiger partial charge in [0, 0.05) is 18.5 Å². The summed E-state index contributed by atoms with van der Waals surface area (Å²) in [6.07, 6.45) is 1.47. The first-order valence-corrected chi connectivity index (χ1v) is 7.61. The summed E-state index contributed by atoms with van der Waals surface area (Å²) in [4.78, 5) is 15.2. The van der Waals surface area contributed by atoms with Crippen LogP contribution < -0.4 is 5.73 Å². The lowest BCUT2D eigenvalue weighted by Crippen LogP contribution is -2.43. The van der Waals surface area contributed by atoms with Crippen molar-refractivity contribution in [1.29, 1.82) is 0 Å². The number of rotatable bonds is 6. The number of hydrogen-bond donors (Lipinski definition) is 1. The van der Waals surface area contributed by atoms with Crippen LogP contribution in [0.2, 0.25) is 0 Å². The Morgan fingerprint density at radius 1 is 1.25 bits per heavy atom. The van der Waals surface area contributed by atoms with Crippen LogP contribution in [-0.2, 0) is 17.6 Å². The Balaban J connectivity index is 1.83. The minimum atomic E-state index is -0.467. The maximum atomic E-state index is 12.2. The molecule has 1 aromatic carbocycles. The molecule has 0 aliphatic carbocycles. The van der Waals surface area contributed by atoms with Crippen molar-refractivity contribution < 1.29 is 4.79 Å². The number of thiophene rings is 1. The molecule has 0 aliphatic heterocycles. The predicted octanol–water partition coefficient (Wildman–Crippen LogP) is 2.32. The van der Waals surface area contributed by atoms with Gasteiger partial charge in [0.2, 0.25) is 5.91 Å². The van der Waals surface area contributed by atoms with E-state index in [0.29, 0.717) is 13.0 Å². The second kappa shape index (κ2) is 7.22. The SMILES string of the molecule is CN(CCc1cccs1)C(=O)[C@@H](N)Cc1ccccc1. The lowest BCUT2D eigenvalue weighted by Gasteiger charge is -2.21. The molecule has 2 N–H and O–H groups in total. The van der Waals surface area contributed by atoms with Gasteiger partial charge in [-0.1, -0.05) is 36.4 Å². The van der Waals surface area contributed by atoms with Crippen molar-refractivity contribution in [3.05, 3.63) is 58.3 Å². The van der Waals surface area contributed by atoms with Crippen LogP contribution in [0.1, 0.15) is 10.4 Å². The molecule has 1 atom stereocenters. The van der Waals surface area contributed by atoms with Crippen LogP contribution in [0, 0.1) is 0 Å². The monoisotopic (exact) mass is 288 g/mol. The van der Waals surface area contributed by atoms with E-state index in [2.05, 4.69) is 11.4 Å². The Hall–Kier alpha value is -1.65. The molecular formula is C16H20N2OS. The molecule has 0 unspecified atom stereocenters. The Labute approximate surface area is 124 Å². The molecule has 1 aromatic heterocycles. The van der Waals surface area contributed by atoms with Crippen molar-refractivity contribution in [3.8, 4) is 0 Å². The van der Waals surface area contributed by atoms with E-state index >= 15 is 0 Å². The highest BCUT2D eigenvalue weighted by Gasteiger charge is 2.18. The molecule has 2 rings (SSSR count). The molecule has 0 saturated heterocycles. The van der Waals surface area contributed by atoms with Gasteiger partial charge in [-0.15, -0.1) is 11.3 Å². The van der Waals surface area contributed by atoms with Crippen LogP contribution in [0.15, 0.2) is 47.8 Å². The Kier molecular flexibility index (Phi) is 5.32. The van der Waals surface area contributed by atoms with E-state index < -0.39 is 6.04 Å². The largest absolute Gasteiger partial charge is 0.344 e. The van der Waals surface area contributed by atoms with Crippen LogP contribution in [0.25, 0.3) is 0 Å². The number of amides is 1. The summed E-state index contributed by atoms with van der Waals surface area (Å²) in [6.45, 7) is 0.710. The van der Waals surface area contributed by atoms with Crippen molar-refractivity contribution in [2.75, 3.05) is 13.6 Å². The van der Waals surface area contributed by atoms with Gasteiger partial charge < -0.3 is 10.6 Å². The lowest BCUT2D eigenvalue weighted by molar-refractivity contribution is -0.131. The van der Waals surface area contributed by atoms with Crippen LogP contribution in [0.3, 0.4) is 0 Å². The zero-order valence-electron chi connectivity index (χ0n) is 11.7. The van der Waals surface area contributed by atoms with Gasteiger partial charge in [-0.3, -0.25) is 4.79 Å². The van der Waals surface area contributed by atoms with E-state index in [1.165, 1.54) is 4.88 Å². The Morgan fingerprint density at radius 2 is 2.00 bits per heavy atom. The molecule has 0 aliphatic rings. The summed E-state index contributed by atoms with van der Waals surface area (Å²) in [5.41, 5.74) is 7.11. The molecule has 20 heavy (non-hydrogen) atoms. The second-order valence-electron chi connectivity index (χ2n) is 4.89. The molecule has 0 saturated carbocycles. The summed E-state index contributed by atoms with van der Waals surface area (Å²) >= 11 is 1.72. The topological polar surface area (TPSA) is 46.3 Å². The molecular weight excluding hydrogens is 268 g/mol. The van der Waals surface area contributed by atoms with Crippen LogP contribution in [0.4, 0.5) is 0 Å². The number of carbonyl (C=O) groups is 1. The average molecular weight is 288 g/mol. The highest BCUT2D eigenvalue weighted by atomic mass is 32.1. The molecule has 3 nitrogen and oxygen atoms in total. The second-order valence-corrected chi connectivity index (χ2v) is 5.92. The number of nitrogens with zero attached hydrogens (tertiary/aromatic N) is 1. The molecule has 1 amide bonds. The van der Waals surface area contributed by atoms with E-state index in [0.717, 1.165) is 12.0 Å². The lowest BCUT2D eigenvalue weighted by atomic mass is 10.1. The fourth-order valence-electron chi connectivity index (χ4n) is 2.08. The zero-order valence-corrected chi connectivity index (χ0v) is 12.5. The van der Waals surface area contributed by atoms with E-state index in [9.17, 15) is 4.79 Å². The minimum Gasteiger partial charge on any atom is -0.344 e. The van der Waals surface area contributed by atoms with E-state index in [4.69, 9.17) is 5.73 Å². The van der Waals surface area contributed by atoms with Gasteiger partial charge >= 0.3 is 0 Å². The van der Waals surface area contributed by atoms with Crippen LogP contribution >= 0.6 is 11.3 Å². The van der Waals surface area contributed by atoms with Crippen molar-refractivity contribution >= 4 is 17.2 Å². The van der Waals surface area contributed by atoms with Crippen molar-refractivity contribution in [2.24, 2.45) is 5.73 Å². The summed E-state index contributed by atoms with van der Waals surface area (Å²) in [6, 6.07) is 13.5. The third kappa shape index (κ3) is 4.18. The summed E-state index contributed by atoms with van der Waals surface area (Å²) in [7, 11) is 1.82. The van der Waals surface area contributed by atoms with Gasteiger partial charge in [0.25, 0.3) is 0 Å². The summed E-state index contributed by atoms with van der Waals surface area (Å²) in [5.74, 6) is 0.00501. The third-order valence-corrected chi connectivity index (χ3v) is 4.20. The van der Waals surface area contributed by atoms with Crippen molar-refractivity contribution in [1.82, 2.24) is 4.90 Å². The van der Waals surface area contributed by atoms with Gasteiger partial charge in [0.15, 0.2) is 0 Å². The highest BCUT2D eigenvalue weighted by molar-refractivity contribution is 7.09. The number of likely N-dealkylation sites (N-methyl/N-ethyl adjacent to an activating group) is 1. The van der Waals surface area contributed by atoms with E-state index in [1.807, 2.05) is 43.4 Å². The standard InChI is InChI=1S/C16H20N2OS/c1-18(10-9-14-8-5-11-20-14)16(19)15(17)12-13-6-3-2-4-7-13/h2-8,11,15H,9-10,12,17H2,1H3/t15-/m0/s1. The quantitative estimate of drug-likeness (QED) is 0.886. The number of carbonyl (C=O) groups excluding carboxylic acids is 1. The van der Waals surface area contributed by atoms with Gasteiger partial charge in [0.05, 0.1) is 6.04 Å². The smallest absolute Gasteiger partial charge is 0.239 e. The van der Waals surface area contributed by atoms with Crippen LogP contribution in [-0.4, -0.2) is 30.4 Å². The first-order chi connectivity index (χ1) is 9.66. The van der Waals surface area contributed by atoms with Gasteiger partial charge in [-0.2, -0.15) is 0 Å². The molecule has 0 spiro atoms. The first kappa shape index (κ1) is 14.8. The minimum absolute atomic E-state index is 0.00501. The van der Waals surface area contributed by atoms with E-state index in [1.54, 1.807) is 16.2 Å². The molecule has 106 valence electrons. The summed E-state index contributed by atoms with van der Waals surface area (Å²) < 4.78 is 0. The average Bonchev–Trinajstić information content (AvgIpc) is 2.98. The fourth-order valence-corrected chi connectivity index (χ4v) is 2.78. The molecule has 0 bridgehead atoms. The van der Waals surface area contributed by atoms with Gasteiger partial charge in [0.1, 0.15) is 0 Å². The zero-order chi connectivity index (χ0) is 14.4. The Bertz CT molecular complexity index is 525. The molecule has 0 fully saturated rings. The molecule has 2 aromatic rings. The number of nitrogens with two attached hydrogens (primary N) is 1. The van der Waals surface area contributed by atoms with Crippen molar-refractivity contribution in [2.45, 2.75) is 18.9 Å². The molecule has 4 heteroatoms. The molecule has 1 heterocycles. The van der Waals surface area contributed by atoms with E-state index in [-0.39, 0.29) is 5.91 Å². The number of hydrogen-bond acceptors (Lipinski definition) is 3. The number of benzene rings is 1. The van der Waals surface area contributed by atoms with Gasteiger partial charge in [-0.05, 0) is 29.9 Å². The first-order valence-electron chi connectivity index (χ1n) is 6.73. The maximum Gasteiger partial charge on any atom is 0.239 e. The normalized spacial score (nSPS) is 12.1.